The molecule has 4 rings (SSSR count). The highest BCUT2D eigenvalue weighted by molar-refractivity contribution is 7.71. The monoisotopic (exact) mass is 461 g/mol. The van der Waals surface area contributed by atoms with Crippen molar-refractivity contribution in [3.63, 3.8) is 0 Å². The van der Waals surface area contributed by atoms with E-state index in [1.165, 1.54) is 4.57 Å². The number of aromatic nitrogens is 4. The first-order valence-corrected chi connectivity index (χ1v) is 11.3. The van der Waals surface area contributed by atoms with Crippen LogP contribution in [0.5, 0.6) is 0 Å². The average Bonchev–Trinajstić information content (AvgIpc) is 3.07. The van der Waals surface area contributed by atoms with Gasteiger partial charge >= 0.3 is 0 Å². The second kappa shape index (κ2) is 9.15. The third-order valence-corrected chi connectivity index (χ3v) is 6.37. The average molecular weight is 462 g/mol. The zero-order valence-corrected chi connectivity index (χ0v) is 20.1. The van der Waals surface area contributed by atoms with Crippen LogP contribution < -0.4 is 5.56 Å². The molecule has 4 aromatic rings. The molecule has 0 aliphatic rings. The molecule has 0 unspecified atom stereocenters. The first-order chi connectivity index (χ1) is 15.8. The third kappa shape index (κ3) is 4.39. The molecule has 2 aromatic heterocycles. The van der Waals surface area contributed by atoms with Gasteiger partial charge in [0.2, 0.25) is 5.91 Å². The highest BCUT2D eigenvalue weighted by atomic mass is 32.1. The van der Waals surface area contributed by atoms with E-state index >= 15 is 0 Å². The summed E-state index contributed by atoms with van der Waals surface area (Å²) < 4.78 is 3.71. The lowest BCUT2D eigenvalue weighted by atomic mass is 10.1. The van der Waals surface area contributed by atoms with Gasteiger partial charge in [-0.25, -0.2) is 4.68 Å². The van der Waals surface area contributed by atoms with Crippen LogP contribution in [0.4, 0.5) is 0 Å². The first-order valence-electron chi connectivity index (χ1n) is 10.8. The molecular formula is C25H27N5O2S. The summed E-state index contributed by atoms with van der Waals surface area (Å²) in [5.74, 6) is -0.0631. The predicted molar refractivity (Wildman–Crippen MR) is 132 cm³/mol. The molecule has 0 aliphatic heterocycles. The highest BCUT2D eigenvalue weighted by Gasteiger charge is 2.18. The van der Waals surface area contributed by atoms with Crippen LogP contribution in [0.2, 0.25) is 0 Å². The van der Waals surface area contributed by atoms with Crippen LogP contribution in [0.15, 0.2) is 53.3 Å². The molecule has 8 heteroatoms. The van der Waals surface area contributed by atoms with Gasteiger partial charge in [0, 0.05) is 37.8 Å². The minimum atomic E-state index is -0.184. The third-order valence-electron chi connectivity index (χ3n) is 6.04. The van der Waals surface area contributed by atoms with Gasteiger partial charge in [-0.3, -0.25) is 14.2 Å². The number of rotatable bonds is 6. The second-order valence-electron chi connectivity index (χ2n) is 8.28. The summed E-state index contributed by atoms with van der Waals surface area (Å²) in [4.78, 5) is 30.5. The topological polar surface area (TPSA) is 75.9 Å². The van der Waals surface area contributed by atoms with E-state index in [-0.39, 0.29) is 24.4 Å². The smallest absolute Gasteiger partial charge is 0.262 e. The van der Waals surface area contributed by atoms with Gasteiger partial charge in [-0.1, -0.05) is 30.3 Å². The zero-order chi connectivity index (χ0) is 23.7. The van der Waals surface area contributed by atoms with Crippen molar-refractivity contribution in [2.24, 2.45) is 0 Å². The van der Waals surface area contributed by atoms with Crippen molar-refractivity contribution < 1.29 is 4.79 Å². The molecule has 1 N–H and O–H groups in total. The molecule has 0 radical (unpaired) electrons. The number of benzene rings is 2. The summed E-state index contributed by atoms with van der Waals surface area (Å²) in [5.41, 5.74) is 5.60. The Hall–Kier alpha value is -3.52. The maximum absolute atomic E-state index is 12.9. The number of hydrogen-bond acceptors (Lipinski definition) is 4. The fourth-order valence-corrected chi connectivity index (χ4v) is 4.35. The van der Waals surface area contributed by atoms with Gasteiger partial charge < -0.3 is 9.88 Å². The van der Waals surface area contributed by atoms with E-state index in [0.717, 1.165) is 28.2 Å². The number of hydrogen-bond donors (Lipinski definition) is 1. The molecule has 7 nitrogen and oxygen atoms in total. The SMILES string of the molecule is Cc1ccccc1-n1nc(C)c(CN(C)C(=O)CCn2c(=S)[nH]c3ccccc3c2=O)c1C. The molecular weight excluding hydrogens is 434 g/mol. The van der Waals surface area contributed by atoms with Crippen LogP contribution >= 0.6 is 12.2 Å². The minimum absolute atomic E-state index is 0.0631. The molecule has 2 aromatic carbocycles. The fraction of sp³-hybridized carbons (Fsp3) is 0.280. The predicted octanol–water partition coefficient (Wildman–Crippen LogP) is 4.22. The molecule has 0 saturated carbocycles. The van der Waals surface area contributed by atoms with Crippen molar-refractivity contribution in [2.75, 3.05) is 7.05 Å². The van der Waals surface area contributed by atoms with Crippen LogP contribution in [-0.2, 0) is 17.9 Å². The molecule has 170 valence electrons. The number of carbonyl (C=O) groups excluding carboxylic acids is 1. The van der Waals surface area contributed by atoms with E-state index in [1.807, 2.05) is 54.9 Å². The summed E-state index contributed by atoms with van der Waals surface area (Å²) in [5, 5.41) is 5.27. The van der Waals surface area contributed by atoms with E-state index in [0.29, 0.717) is 22.2 Å². The summed E-state index contributed by atoms with van der Waals surface area (Å²) in [6, 6.07) is 15.3. The molecule has 33 heavy (non-hydrogen) atoms. The minimum Gasteiger partial charge on any atom is -0.341 e. The van der Waals surface area contributed by atoms with Gasteiger partial charge in [-0.15, -0.1) is 0 Å². The highest BCUT2D eigenvalue weighted by Crippen LogP contribution is 2.21. The lowest BCUT2D eigenvalue weighted by molar-refractivity contribution is -0.130. The molecule has 0 atom stereocenters. The Kier molecular flexibility index (Phi) is 6.29. The Balaban J connectivity index is 1.50. The quantitative estimate of drug-likeness (QED) is 0.436. The van der Waals surface area contributed by atoms with Crippen LogP contribution in [0.1, 0.15) is 28.9 Å². The molecule has 2 heterocycles. The second-order valence-corrected chi connectivity index (χ2v) is 8.67. The summed E-state index contributed by atoms with van der Waals surface area (Å²) >= 11 is 5.35. The number of aryl methyl sites for hydroxylation is 2. The van der Waals surface area contributed by atoms with Crippen LogP contribution in [0.25, 0.3) is 16.6 Å². The number of amides is 1. The van der Waals surface area contributed by atoms with Crippen molar-refractivity contribution in [1.82, 2.24) is 24.2 Å². The van der Waals surface area contributed by atoms with Crippen molar-refractivity contribution in [3.8, 4) is 5.69 Å². The Labute approximate surface area is 197 Å². The van der Waals surface area contributed by atoms with E-state index < -0.39 is 0 Å². The Morgan fingerprint density at radius 2 is 1.79 bits per heavy atom. The maximum atomic E-state index is 12.9. The van der Waals surface area contributed by atoms with Crippen LogP contribution in [0, 0.1) is 25.5 Å². The van der Waals surface area contributed by atoms with Crippen LogP contribution in [-0.4, -0.2) is 37.2 Å². The van der Waals surface area contributed by atoms with E-state index in [4.69, 9.17) is 17.3 Å². The number of fused-ring (bicyclic) bond motifs is 1. The lowest BCUT2D eigenvalue weighted by Gasteiger charge is -2.18. The van der Waals surface area contributed by atoms with Gasteiger partial charge in [0.25, 0.3) is 5.56 Å². The Morgan fingerprint density at radius 3 is 2.55 bits per heavy atom. The number of carbonyl (C=O) groups is 1. The standard InChI is InChI=1S/C25H27N5O2S/c1-16-9-5-8-12-22(16)30-18(3)20(17(2)27-30)15-28(4)23(31)13-14-29-24(32)19-10-6-7-11-21(19)26-25(29)33/h5-12H,13-15H2,1-4H3,(H,26,33). The van der Waals surface area contributed by atoms with E-state index in [1.54, 1.807) is 18.0 Å². The molecule has 0 aliphatic carbocycles. The Morgan fingerprint density at radius 1 is 1.09 bits per heavy atom. The number of aromatic amines is 1. The normalized spacial score (nSPS) is 11.2. The van der Waals surface area contributed by atoms with Crippen molar-refractivity contribution >= 4 is 29.0 Å². The number of H-pyrrole nitrogens is 1. The van der Waals surface area contributed by atoms with Crippen molar-refractivity contribution in [1.29, 1.82) is 0 Å². The molecule has 1 amide bonds. The van der Waals surface area contributed by atoms with Crippen molar-refractivity contribution in [2.45, 2.75) is 40.3 Å². The molecule has 0 saturated heterocycles. The molecule has 0 spiro atoms. The van der Waals surface area contributed by atoms with E-state index in [9.17, 15) is 9.59 Å². The Bertz CT molecular complexity index is 1460. The first kappa shape index (κ1) is 22.7. The zero-order valence-electron chi connectivity index (χ0n) is 19.3. The van der Waals surface area contributed by atoms with Gasteiger partial charge in [-0.05, 0) is 56.8 Å². The van der Waals surface area contributed by atoms with Gasteiger partial charge in [0.1, 0.15) is 0 Å². The van der Waals surface area contributed by atoms with Crippen molar-refractivity contribution in [3.05, 3.63) is 86.2 Å². The molecule has 0 bridgehead atoms. The fourth-order valence-electron chi connectivity index (χ4n) is 4.07. The van der Waals surface area contributed by atoms with Crippen LogP contribution in [0.3, 0.4) is 0 Å². The number of para-hydroxylation sites is 2. The summed E-state index contributed by atoms with van der Waals surface area (Å²) in [7, 11) is 1.77. The largest absolute Gasteiger partial charge is 0.341 e. The summed E-state index contributed by atoms with van der Waals surface area (Å²) in [6.45, 7) is 6.71. The van der Waals surface area contributed by atoms with E-state index in [2.05, 4.69) is 18.0 Å². The number of nitrogens with zero attached hydrogens (tertiary/aromatic N) is 4. The van der Waals surface area contributed by atoms with Gasteiger partial charge in [0.15, 0.2) is 4.77 Å². The van der Waals surface area contributed by atoms with Gasteiger partial charge in [0.05, 0.1) is 22.3 Å². The molecule has 0 fully saturated rings. The number of nitrogens with one attached hydrogen (secondary N) is 1. The lowest BCUT2D eigenvalue weighted by Crippen LogP contribution is -2.30. The summed E-state index contributed by atoms with van der Waals surface area (Å²) in [6.07, 6.45) is 0.177. The van der Waals surface area contributed by atoms with Gasteiger partial charge in [-0.2, -0.15) is 5.10 Å². The maximum Gasteiger partial charge on any atom is 0.262 e.